The molecule has 2 N–H and O–H groups in total. The number of hydrogen-bond acceptors (Lipinski definition) is 4. The smallest absolute Gasteiger partial charge is 0.232 e. The van der Waals surface area contributed by atoms with E-state index in [0.717, 1.165) is 5.56 Å². The van der Waals surface area contributed by atoms with Crippen LogP contribution in [0.25, 0.3) is 0 Å². The molecule has 2 aromatic rings. The van der Waals surface area contributed by atoms with Gasteiger partial charge in [-0.3, -0.25) is 9.59 Å². The molecule has 1 unspecified atom stereocenters. The fourth-order valence-corrected chi connectivity index (χ4v) is 3.06. The molecule has 0 fully saturated rings. The van der Waals surface area contributed by atoms with Crippen LogP contribution in [0.5, 0.6) is 11.5 Å². The first-order chi connectivity index (χ1) is 12.0. The zero-order valence-corrected chi connectivity index (χ0v) is 14.5. The first-order valence-electron chi connectivity index (χ1n) is 7.64. The van der Waals surface area contributed by atoms with Crippen molar-refractivity contribution in [2.24, 2.45) is 0 Å². The van der Waals surface area contributed by atoms with E-state index >= 15 is 0 Å². The maximum atomic E-state index is 12.8. The Labute approximate surface area is 150 Å². The minimum absolute atomic E-state index is 0.0784. The normalized spacial score (nSPS) is 15.8. The van der Waals surface area contributed by atoms with E-state index in [1.165, 1.54) is 14.2 Å². The third kappa shape index (κ3) is 3.39. The number of amides is 2. The Bertz CT molecular complexity index is 838. The highest BCUT2D eigenvalue weighted by atomic mass is 35.5. The van der Waals surface area contributed by atoms with Crippen LogP contribution in [0.15, 0.2) is 36.4 Å². The summed E-state index contributed by atoms with van der Waals surface area (Å²) in [7, 11) is 2.98. The zero-order chi connectivity index (χ0) is 18.0. The molecule has 1 aliphatic heterocycles. The lowest BCUT2D eigenvalue weighted by Crippen LogP contribution is -2.30. The van der Waals surface area contributed by atoms with Crippen molar-refractivity contribution in [3.63, 3.8) is 0 Å². The Morgan fingerprint density at radius 3 is 2.64 bits per heavy atom. The lowest BCUT2D eigenvalue weighted by atomic mass is 9.90. The number of hydrogen-bond donors (Lipinski definition) is 2. The van der Waals surface area contributed by atoms with Gasteiger partial charge in [0.25, 0.3) is 0 Å². The number of rotatable bonds is 4. The molecule has 25 heavy (non-hydrogen) atoms. The van der Waals surface area contributed by atoms with Crippen LogP contribution in [0.2, 0.25) is 5.02 Å². The summed E-state index contributed by atoms with van der Waals surface area (Å²) in [5.74, 6) is -0.224. The predicted octanol–water partition coefficient (Wildman–Crippen LogP) is 3.42. The molecule has 1 atom stereocenters. The lowest BCUT2D eigenvalue weighted by molar-refractivity contribution is -0.123. The van der Waals surface area contributed by atoms with Gasteiger partial charge in [-0.05, 0) is 17.7 Å². The van der Waals surface area contributed by atoms with Crippen LogP contribution in [0, 0.1) is 0 Å². The van der Waals surface area contributed by atoms with Crippen LogP contribution >= 0.6 is 11.6 Å². The minimum Gasteiger partial charge on any atom is -0.495 e. The number of nitrogens with one attached hydrogen (secondary N) is 2. The number of halogens is 1. The maximum Gasteiger partial charge on any atom is 0.232 e. The van der Waals surface area contributed by atoms with E-state index in [0.29, 0.717) is 27.9 Å². The molecule has 0 saturated heterocycles. The van der Waals surface area contributed by atoms with Crippen molar-refractivity contribution in [1.82, 2.24) is 0 Å². The molecule has 2 aromatic carbocycles. The van der Waals surface area contributed by atoms with E-state index in [4.69, 9.17) is 21.1 Å². The zero-order valence-electron chi connectivity index (χ0n) is 13.8. The average molecular weight is 361 g/mol. The highest BCUT2D eigenvalue weighted by Gasteiger charge is 2.31. The first kappa shape index (κ1) is 17.1. The summed E-state index contributed by atoms with van der Waals surface area (Å²) < 4.78 is 10.4. The lowest BCUT2D eigenvalue weighted by Gasteiger charge is -2.25. The number of fused-ring (bicyclic) bond motifs is 1. The molecule has 7 heteroatoms. The van der Waals surface area contributed by atoms with E-state index in [-0.39, 0.29) is 18.2 Å². The van der Waals surface area contributed by atoms with E-state index < -0.39 is 5.92 Å². The second-order valence-corrected chi connectivity index (χ2v) is 5.98. The molecule has 0 bridgehead atoms. The van der Waals surface area contributed by atoms with Gasteiger partial charge in [0.05, 0.1) is 30.8 Å². The van der Waals surface area contributed by atoms with Crippen LogP contribution in [-0.2, 0) is 9.59 Å². The average Bonchev–Trinajstić information content (AvgIpc) is 2.61. The van der Waals surface area contributed by atoms with E-state index in [1.54, 1.807) is 18.2 Å². The highest BCUT2D eigenvalue weighted by molar-refractivity contribution is 6.32. The van der Waals surface area contributed by atoms with Crippen LogP contribution < -0.4 is 20.1 Å². The molecule has 1 aliphatic rings. The van der Waals surface area contributed by atoms with Gasteiger partial charge in [-0.1, -0.05) is 29.8 Å². The van der Waals surface area contributed by atoms with Gasteiger partial charge in [0, 0.05) is 18.2 Å². The molecule has 3 rings (SSSR count). The monoisotopic (exact) mass is 360 g/mol. The number of carbonyl (C=O) groups is 2. The Balaban J connectivity index is 1.91. The summed E-state index contributed by atoms with van der Waals surface area (Å²) in [5, 5.41) is 5.92. The third-order valence-electron chi connectivity index (χ3n) is 4.05. The van der Waals surface area contributed by atoms with Crippen molar-refractivity contribution in [2.45, 2.75) is 12.3 Å². The Hall–Kier alpha value is -2.73. The van der Waals surface area contributed by atoms with Gasteiger partial charge < -0.3 is 20.1 Å². The predicted molar refractivity (Wildman–Crippen MR) is 95.6 cm³/mol. The number of ether oxygens (including phenoxy) is 2. The van der Waals surface area contributed by atoms with Gasteiger partial charge in [-0.25, -0.2) is 0 Å². The molecular formula is C18H17ClN2O4. The molecule has 0 aliphatic carbocycles. The number of anilines is 2. The SMILES string of the molecule is COc1cc(OC)c(NC(=O)C2CC(=O)Nc3ccccc32)cc1Cl. The number of benzene rings is 2. The standard InChI is InChI=1S/C18H17ClN2O4/c1-24-15-9-16(25-2)14(8-12(15)19)21-18(23)11-7-17(22)20-13-6-4-3-5-10(11)13/h3-6,8-9,11H,7H2,1-2H3,(H,20,22)(H,21,23). The fourth-order valence-electron chi connectivity index (χ4n) is 2.82. The highest BCUT2D eigenvalue weighted by Crippen LogP contribution is 2.38. The maximum absolute atomic E-state index is 12.8. The molecule has 0 spiro atoms. The van der Waals surface area contributed by atoms with Crippen LogP contribution in [0.4, 0.5) is 11.4 Å². The number of carbonyl (C=O) groups excluding carboxylic acids is 2. The molecule has 2 amide bonds. The van der Waals surface area contributed by atoms with Crippen molar-refractivity contribution in [3.8, 4) is 11.5 Å². The molecule has 0 saturated carbocycles. The molecular weight excluding hydrogens is 344 g/mol. The van der Waals surface area contributed by atoms with Crippen molar-refractivity contribution >= 4 is 34.8 Å². The topological polar surface area (TPSA) is 76.7 Å². The Morgan fingerprint density at radius 2 is 1.92 bits per heavy atom. The van der Waals surface area contributed by atoms with E-state index in [1.807, 2.05) is 18.2 Å². The van der Waals surface area contributed by atoms with Crippen molar-refractivity contribution in [3.05, 3.63) is 47.0 Å². The summed E-state index contributed by atoms with van der Waals surface area (Å²) in [5.41, 5.74) is 1.85. The third-order valence-corrected chi connectivity index (χ3v) is 4.34. The van der Waals surface area contributed by atoms with Gasteiger partial charge in [0.15, 0.2) is 0 Å². The van der Waals surface area contributed by atoms with E-state index in [2.05, 4.69) is 10.6 Å². The van der Waals surface area contributed by atoms with Crippen molar-refractivity contribution in [1.29, 1.82) is 0 Å². The molecule has 0 radical (unpaired) electrons. The van der Waals surface area contributed by atoms with Gasteiger partial charge in [-0.15, -0.1) is 0 Å². The summed E-state index contributed by atoms with van der Waals surface area (Å²) in [6, 6.07) is 10.4. The summed E-state index contributed by atoms with van der Waals surface area (Å²) in [4.78, 5) is 24.7. The van der Waals surface area contributed by atoms with Crippen LogP contribution in [-0.4, -0.2) is 26.0 Å². The summed E-state index contributed by atoms with van der Waals surface area (Å²) >= 11 is 6.14. The number of para-hydroxylation sites is 1. The Morgan fingerprint density at radius 1 is 1.20 bits per heavy atom. The summed E-state index contributed by atoms with van der Waals surface area (Å²) in [6.07, 6.45) is 0.0784. The van der Waals surface area contributed by atoms with Gasteiger partial charge in [0.2, 0.25) is 11.8 Å². The largest absolute Gasteiger partial charge is 0.495 e. The number of methoxy groups -OCH3 is 2. The minimum atomic E-state index is -0.587. The van der Waals surface area contributed by atoms with Gasteiger partial charge in [0.1, 0.15) is 11.5 Å². The summed E-state index contributed by atoms with van der Waals surface area (Å²) in [6.45, 7) is 0. The fraction of sp³-hybridized carbons (Fsp3) is 0.222. The van der Waals surface area contributed by atoms with Crippen molar-refractivity contribution < 1.29 is 19.1 Å². The Kier molecular flexibility index (Phi) is 4.81. The quantitative estimate of drug-likeness (QED) is 0.875. The second-order valence-electron chi connectivity index (χ2n) is 5.57. The van der Waals surface area contributed by atoms with Gasteiger partial charge >= 0.3 is 0 Å². The molecule has 0 aromatic heterocycles. The molecule has 130 valence electrons. The molecule has 6 nitrogen and oxygen atoms in total. The van der Waals surface area contributed by atoms with Crippen molar-refractivity contribution in [2.75, 3.05) is 24.9 Å². The van der Waals surface area contributed by atoms with Crippen LogP contribution in [0.3, 0.4) is 0 Å². The van der Waals surface area contributed by atoms with E-state index in [9.17, 15) is 9.59 Å². The molecule has 1 heterocycles. The second kappa shape index (κ2) is 7.03. The van der Waals surface area contributed by atoms with Crippen LogP contribution in [0.1, 0.15) is 17.9 Å². The van der Waals surface area contributed by atoms with Gasteiger partial charge in [-0.2, -0.15) is 0 Å². The first-order valence-corrected chi connectivity index (χ1v) is 8.02.